The number of benzene rings is 3. The van der Waals surface area contributed by atoms with Gasteiger partial charge in [0.25, 0.3) is 0 Å². The number of nitrogens with one attached hydrogen (secondary N) is 2. The average molecular weight is 436 g/mol. The second-order valence-corrected chi connectivity index (χ2v) is 9.98. The summed E-state index contributed by atoms with van der Waals surface area (Å²) < 4.78 is 39.5. The fourth-order valence-corrected chi connectivity index (χ4v) is 6.52. The van der Waals surface area contributed by atoms with Gasteiger partial charge in [-0.15, -0.1) is 0 Å². The van der Waals surface area contributed by atoms with Crippen LogP contribution < -0.4 is 15.9 Å². The summed E-state index contributed by atoms with van der Waals surface area (Å²) >= 11 is 0. The van der Waals surface area contributed by atoms with Gasteiger partial charge in [0.2, 0.25) is 0 Å². The molecule has 2 heterocycles. The number of hydrogen-bond donors (Lipinski definition) is 2. The molecule has 0 aliphatic heterocycles. The van der Waals surface area contributed by atoms with Crippen LogP contribution in [-0.4, -0.2) is 9.97 Å². The van der Waals surface area contributed by atoms with Gasteiger partial charge in [0.15, 0.2) is 0 Å². The summed E-state index contributed by atoms with van der Waals surface area (Å²) in [6, 6.07) is 18.1. The second kappa shape index (κ2) is 7.28. The van der Waals surface area contributed by atoms with Crippen LogP contribution in [0.5, 0.6) is 0 Å². The minimum absolute atomic E-state index is 0.629. The van der Waals surface area contributed by atoms with Crippen LogP contribution in [0.15, 0.2) is 73.1 Å². The molecule has 0 spiro atoms. The molecular formula is C25H20F3N2P. The molecule has 0 atom stereocenters. The standard InChI is InChI=1S/C25H20F3N2P/c1-15-3-9-21-19(11-15)23(13-29-21)31(18-7-5-17(6-8-18)25(26,27)28)24-14-30-22-10-4-16(2)12-20(22)24/h3-14,29-30H,1-2H3. The Bertz CT molecular complexity index is 1310. The number of rotatable bonds is 3. The van der Waals surface area contributed by atoms with Gasteiger partial charge in [0.1, 0.15) is 0 Å². The van der Waals surface area contributed by atoms with Crippen molar-refractivity contribution in [1.29, 1.82) is 0 Å². The van der Waals surface area contributed by atoms with E-state index in [1.54, 1.807) is 12.1 Å². The molecule has 0 bridgehead atoms. The Kier molecular flexibility index (Phi) is 4.67. The number of alkyl halides is 3. The van der Waals surface area contributed by atoms with Crippen LogP contribution in [0.3, 0.4) is 0 Å². The fraction of sp³-hybridized carbons (Fsp3) is 0.120. The van der Waals surface area contributed by atoms with Crippen molar-refractivity contribution in [3.63, 3.8) is 0 Å². The van der Waals surface area contributed by atoms with Crippen molar-refractivity contribution < 1.29 is 13.2 Å². The fourth-order valence-electron chi connectivity index (χ4n) is 4.02. The predicted molar refractivity (Wildman–Crippen MR) is 123 cm³/mol. The first-order valence-corrected chi connectivity index (χ1v) is 11.3. The highest BCUT2D eigenvalue weighted by Gasteiger charge is 2.31. The van der Waals surface area contributed by atoms with Gasteiger partial charge < -0.3 is 9.97 Å². The van der Waals surface area contributed by atoms with Crippen molar-refractivity contribution in [1.82, 2.24) is 9.97 Å². The predicted octanol–water partition coefficient (Wildman–Crippen LogP) is 6.04. The summed E-state index contributed by atoms with van der Waals surface area (Å²) in [6.07, 6.45) is -0.346. The van der Waals surface area contributed by atoms with Crippen molar-refractivity contribution in [2.45, 2.75) is 20.0 Å². The molecule has 0 radical (unpaired) electrons. The number of halogens is 3. The molecule has 0 amide bonds. The maximum absolute atomic E-state index is 13.2. The maximum Gasteiger partial charge on any atom is 0.416 e. The third kappa shape index (κ3) is 3.53. The smallest absolute Gasteiger partial charge is 0.361 e. The Hall–Kier alpha value is -3.04. The van der Waals surface area contributed by atoms with Crippen LogP contribution >= 0.6 is 7.92 Å². The van der Waals surface area contributed by atoms with E-state index < -0.39 is 19.7 Å². The molecule has 0 unspecified atom stereocenters. The molecule has 6 heteroatoms. The quantitative estimate of drug-likeness (QED) is 0.323. The van der Waals surface area contributed by atoms with Crippen molar-refractivity contribution in [3.8, 4) is 0 Å². The van der Waals surface area contributed by atoms with E-state index in [2.05, 4.69) is 34.2 Å². The van der Waals surface area contributed by atoms with Crippen molar-refractivity contribution in [2.24, 2.45) is 0 Å². The van der Waals surface area contributed by atoms with Gasteiger partial charge in [0.05, 0.1) is 5.56 Å². The minimum atomic E-state index is -4.35. The van der Waals surface area contributed by atoms with E-state index >= 15 is 0 Å². The molecule has 156 valence electrons. The molecule has 0 fully saturated rings. The van der Waals surface area contributed by atoms with Gasteiger partial charge in [-0.3, -0.25) is 0 Å². The number of fused-ring (bicyclic) bond motifs is 2. The number of hydrogen-bond acceptors (Lipinski definition) is 0. The van der Waals surface area contributed by atoms with Gasteiger partial charge in [-0.1, -0.05) is 35.4 Å². The highest BCUT2D eigenvalue weighted by molar-refractivity contribution is 7.80. The molecule has 2 N–H and O–H groups in total. The number of H-pyrrole nitrogens is 2. The molecule has 31 heavy (non-hydrogen) atoms. The third-order valence-electron chi connectivity index (χ3n) is 5.57. The third-order valence-corrected chi connectivity index (χ3v) is 8.08. The lowest BCUT2D eigenvalue weighted by atomic mass is 10.2. The first kappa shape index (κ1) is 19.9. The average Bonchev–Trinajstić information content (AvgIpc) is 3.33. The Morgan fingerprint density at radius 3 is 1.61 bits per heavy atom. The first-order valence-electron chi connectivity index (χ1n) is 9.94. The van der Waals surface area contributed by atoms with E-state index in [1.165, 1.54) is 12.1 Å². The molecule has 0 aliphatic rings. The minimum Gasteiger partial charge on any atom is -0.361 e. The second-order valence-electron chi connectivity index (χ2n) is 7.83. The van der Waals surface area contributed by atoms with Crippen LogP contribution in [0.2, 0.25) is 0 Å². The van der Waals surface area contributed by atoms with Gasteiger partial charge in [0, 0.05) is 44.8 Å². The normalized spacial score (nSPS) is 12.3. The Balaban J connectivity index is 1.76. The zero-order chi connectivity index (χ0) is 21.8. The number of aryl methyl sites for hydroxylation is 2. The van der Waals surface area contributed by atoms with Crippen molar-refractivity contribution in [2.75, 3.05) is 0 Å². The number of aromatic nitrogens is 2. The Morgan fingerprint density at radius 2 is 1.16 bits per heavy atom. The van der Waals surface area contributed by atoms with Crippen LogP contribution in [0.25, 0.3) is 21.8 Å². The zero-order valence-electron chi connectivity index (χ0n) is 17.0. The molecule has 5 rings (SSSR count). The Morgan fingerprint density at radius 1 is 0.677 bits per heavy atom. The molecule has 0 saturated heterocycles. The summed E-state index contributed by atoms with van der Waals surface area (Å²) in [5.74, 6) is 0. The zero-order valence-corrected chi connectivity index (χ0v) is 17.9. The van der Waals surface area contributed by atoms with Gasteiger partial charge in [-0.05, 0) is 63.5 Å². The molecule has 2 aromatic heterocycles. The lowest BCUT2D eigenvalue weighted by Gasteiger charge is -2.19. The lowest BCUT2D eigenvalue weighted by molar-refractivity contribution is -0.137. The molecule has 0 aliphatic carbocycles. The first-order chi connectivity index (χ1) is 14.8. The highest BCUT2D eigenvalue weighted by Crippen LogP contribution is 2.39. The Labute approximate surface area is 178 Å². The monoisotopic (exact) mass is 436 g/mol. The van der Waals surface area contributed by atoms with E-state index in [4.69, 9.17) is 0 Å². The summed E-state index contributed by atoms with van der Waals surface area (Å²) in [5, 5.41) is 5.31. The summed E-state index contributed by atoms with van der Waals surface area (Å²) in [6.45, 7) is 4.09. The van der Waals surface area contributed by atoms with Crippen LogP contribution in [0.4, 0.5) is 13.2 Å². The lowest BCUT2D eigenvalue weighted by Crippen LogP contribution is -2.20. The van der Waals surface area contributed by atoms with Gasteiger partial charge in [-0.2, -0.15) is 13.2 Å². The van der Waals surface area contributed by atoms with Crippen LogP contribution in [-0.2, 0) is 6.18 Å². The van der Waals surface area contributed by atoms with Gasteiger partial charge >= 0.3 is 6.18 Å². The van der Waals surface area contributed by atoms with Crippen molar-refractivity contribution in [3.05, 3.63) is 89.7 Å². The van der Waals surface area contributed by atoms with Crippen LogP contribution in [0, 0.1) is 13.8 Å². The van der Waals surface area contributed by atoms with E-state index in [0.717, 1.165) is 48.8 Å². The summed E-state index contributed by atoms with van der Waals surface area (Å²) in [5.41, 5.74) is 3.71. The van der Waals surface area contributed by atoms with Crippen LogP contribution in [0.1, 0.15) is 16.7 Å². The van der Waals surface area contributed by atoms with E-state index in [1.807, 2.05) is 38.4 Å². The number of aromatic amines is 2. The molecule has 3 aromatic carbocycles. The molecule has 0 saturated carbocycles. The molecule has 2 nitrogen and oxygen atoms in total. The highest BCUT2D eigenvalue weighted by atomic mass is 31.1. The SMILES string of the molecule is Cc1ccc2[nH]cc(P(c3ccc(C(F)(F)F)cc3)c3c[nH]c4ccc(C)cc34)c2c1. The molecule has 5 aromatic rings. The van der Waals surface area contributed by atoms with Gasteiger partial charge in [-0.25, -0.2) is 0 Å². The summed E-state index contributed by atoms with van der Waals surface area (Å²) in [7, 11) is -1.07. The van der Waals surface area contributed by atoms with E-state index in [-0.39, 0.29) is 0 Å². The summed E-state index contributed by atoms with van der Waals surface area (Å²) in [4.78, 5) is 6.70. The maximum atomic E-state index is 13.2. The molecular weight excluding hydrogens is 416 g/mol. The largest absolute Gasteiger partial charge is 0.416 e. The van der Waals surface area contributed by atoms with E-state index in [0.29, 0.717) is 0 Å². The van der Waals surface area contributed by atoms with Crippen molar-refractivity contribution >= 4 is 45.6 Å². The van der Waals surface area contributed by atoms with E-state index in [9.17, 15) is 13.2 Å². The topological polar surface area (TPSA) is 31.6 Å².